The van der Waals surface area contributed by atoms with Crippen LogP contribution >= 0.6 is 0 Å². The van der Waals surface area contributed by atoms with Gasteiger partial charge in [-0.25, -0.2) is 4.79 Å². The molecule has 1 saturated carbocycles. The van der Waals surface area contributed by atoms with Gasteiger partial charge in [0.1, 0.15) is 0 Å². The number of hydrogen-bond donors (Lipinski definition) is 3. The summed E-state index contributed by atoms with van der Waals surface area (Å²) < 4.78 is 0. The minimum atomic E-state index is -0.804. The zero-order chi connectivity index (χ0) is 20.4. The third kappa shape index (κ3) is 4.55. The van der Waals surface area contributed by atoms with Crippen LogP contribution in [-0.2, 0) is 11.2 Å². The molecule has 29 heavy (non-hydrogen) atoms. The Morgan fingerprint density at radius 2 is 2.14 bits per heavy atom. The van der Waals surface area contributed by atoms with Gasteiger partial charge in [-0.05, 0) is 44.9 Å². The van der Waals surface area contributed by atoms with Crippen LogP contribution in [-0.4, -0.2) is 54.8 Å². The van der Waals surface area contributed by atoms with Crippen molar-refractivity contribution < 1.29 is 14.7 Å². The molecule has 0 aromatic carbocycles. The summed E-state index contributed by atoms with van der Waals surface area (Å²) in [5.74, 6) is 1.25. The van der Waals surface area contributed by atoms with Crippen molar-refractivity contribution >= 4 is 17.8 Å². The Hall–Kier alpha value is -2.97. The number of H-pyrrole nitrogens is 1. The Labute approximate surface area is 168 Å². The first-order chi connectivity index (χ1) is 14.0. The van der Waals surface area contributed by atoms with Crippen LogP contribution in [0, 0.1) is 12.8 Å². The molecule has 2 aromatic rings. The van der Waals surface area contributed by atoms with E-state index in [-0.39, 0.29) is 18.4 Å². The Morgan fingerprint density at radius 1 is 1.28 bits per heavy atom. The van der Waals surface area contributed by atoms with E-state index in [9.17, 15) is 9.59 Å². The highest BCUT2D eigenvalue weighted by Gasteiger charge is 2.36. The van der Waals surface area contributed by atoms with Crippen LogP contribution in [0.3, 0.4) is 0 Å². The van der Waals surface area contributed by atoms with Crippen LogP contribution in [0.25, 0.3) is 0 Å². The lowest BCUT2D eigenvalue weighted by Gasteiger charge is -2.40. The highest BCUT2D eigenvalue weighted by Crippen LogP contribution is 2.41. The van der Waals surface area contributed by atoms with Gasteiger partial charge in [0, 0.05) is 42.7 Å². The second-order valence-electron chi connectivity index (χ2n) is 8.11. The highest BCUT2D eigenvalue weighted by atomic mass is 16.4. The van der Waals surface area contributed by atoms with Crippen LogP contribution in [0.5, 0.6) is 0 Å². The van der Waals surface area contributed by atoms with Crippen molar-refractivity contribution in [3.05, 3.63) is 35.5 Å². The molecule has 0 spiro atoms. The lowest BCUT2D eigenvalue weighted by molar-refractivity contribution is -0.115. The predicted molar refractivity (Wildman–Crippen MR) is 106 cm³/mol. The Bertz CT molecular complexity index is 881. The summed E-state index contributed by atoms with van der Waals surface area (Å²) in [5, 5.41) is 19.2. The average Bonchev–Trinajstić information content (AvgIpc) is 3.29. The Kier molecular flexibility index (Phi) is 5.46. The number of aryl methyl sites for hydroxylation is 1. The molecule has 9 heteroatoms. The second-order valence-corrected chi connectivity index (χ2v) is 8.11. The van der Waals surface area contributed by atoms with Crippen LogP contribution in [0.2, 0.25) is 0 Å². The summed E-state index contributed by atoms with van der Waals surface area (Å²) in [6.45, 7) is 2.51. The van der Waals surface area contributed by atoms with Gasteiger partial charge in [-0.15, -0.1) is 0 Å². The maximum Gasteiger partial charge on any atom is 0.407 e. The normalized spacial score (nSPS) is 23.6. The van der Waals surface area contributed by atoms with Crippen molar-refractivity contribution in [1.82, 2.24) is 25.1 Å². The molecule has 1 aliphatic heterocycles. The number of anilines is 1. The van der Waals surface area contributed by atoms with Gasteiger partial charge in [0.15, 0.2) is 5.82 Å². The molecule has 2 amide bonds. The second kappa shape index (κ2) is 8.18. The smallest absolute Gasteiger partial charge is 0.407 e. The Morgan fingerprint density at radius 3 is 2.83 bits per heavy atom. The van der Waals surface area contributed by atoms with E-state index in [1.807, 2.05) is 13.0 Å². The zero-order valence-corrected chi connectivity index (χ0v) is 16.5. The summed E-state index contributed by atoms with van der Waals surface area (Å²) in [7, 11) is 0. The number of likely N-dealkylation sites (tertiary alicyclic amines) is 1. The summed E-state index contributed by atoms with van der Waals surface area (Å²) in [6.07, 6.45) is 7.70. The fourth-order valence-corrected chi connectivity index (χ4v) is 4.37. The van der Waals surface area contributed by atoms with Crippen molar-refractivity contribution in [3.8, 4) is 0 Å². The van der Waals surface area contributed by atoms with E-state index in [2.05, 4.69) is 25.5 Å². The van der Waals surface area contributed by atoms with Crippen LogP contribution in [0.4, 0.5) is 10.6 Å². The van der Waals surface area contributed by atoms with Gasteiger partial charge < -0.3 is 15.3 Å². The lowest BCUT2D eigenvalue weighted by atomic mass is 9.90. The highest BCUT2D eigenvalue weighted by molar-refractivity contribution is 5.91. The van der Waals surface area contributed by atoms with E-state index in [4.69, 9.17) is 5.11 Å². The number of rotatable bonds is 6. The molecule has 0 radical (unpaired) electrons. The van der Waals surface area contributed by atoms with Crippen molar-refractivity contribution in [2.75, 3.05) is 11.9 Å². The van der Waals surface area contributed by atoms with Gasteiger partial charge in [0.25, 0.3) is 0 Å². The molecule has 9 nitrogen and oxygen atoms in total. The third-order valence-corrected chi connectivity index (χ3v) is 6.02. The largest absolute Gasteiger partial charge is 0.465 e. The molecule has 2 fully saturated rings. The van der Waals surface area contributed by atoms with Gasteiger partial charge >= 0.3 is 6.09 Å². The van der Waals surface area contributed by atoms with Gasteiger partial charge in [-0.3, -0.25) is 19.9 Å². The number of nitrogens with zero attached hydrogens (tertiary/aromatic N) is 4. The van der Waals surface area contributed by atoms with Crippen molar-refractivity contribution in [1.29, 1.82) is 0 Å². The topological polar surface area (TPSA) is 124 Å². The number of aromatic nitrogens is 4. The maximum absolute atomic E-state index is 12.2. The number of nitrogens with one attached hydrogen (secondary N) is 2. The summed E-state index contributed by atoms with van der Waals surface area (Å²) >= 11 is 0. The van der Waals surface area contributed by atoms with Crippen molar-refractivity contribution in [2.24, 2.45) is 5.92 Å². The predicted octanol–water partition coefficient (Wildman–Crippen LogP) is 2.72. The average molecular weight is 398 g/mol. The summed E-state index contributed by atoms with van der Waals surface area (Å²) in [6, 6.07) is 2.08. The summed E-state index contributed by atoms with van der Waals surface area (Å²) in [5.41, 5.74) is 2.46. The van der Waals surface area contributed by atoms with Gasteiger partial charge in [0.05, 0.1) is 17.8 Å². The van der Waals surface area contributed by atoms with E-state index < -0.39 is 6.09 Å². The lowest BCUT2D eigenvalue weighted by Crippen LogP contribution is -2.51. The molecule has 3 N–H and O–H groups in total. The van der Waals surface area contributed by atoms with E-state index in [1.165, 1.54) is 0 Å². The molecule has 2 aliphatic rings. The minimum absolute atomic E-state index is 0.155. The van der Waals surface area contributed by atoms with Crippen LogP contribution in [0.1, 0.15) is 55.1 Å². The molecule has 2 unspecified atom stereocenters. The first-order valence-electron chi connectivity index (χ1n) is 10.1. The molecule has 3 heterocycles. The fraction of sp³-hybridized carbons (Fsp3) is 0.550. The number of carbonyl (C=O) groups is 2. The number of hydrogen-bond acceptors (Lipinski definition) is 5. The molecule has 1 saturated heterocycles. The summed E-state index contributed by atoms with van der Waals surface area (Å²) in [4.78, 5) is 33.2. The fourth-order valence-electron chi connectivity index (χ4n) is 4.37. The van der Waals surface area contributed by atoms with E-state index in [0.717, 1.165) is 43.5 Å². The molecular weight excluding hydrogens is 372 g/mol. The molecule has 2 aromatic heterocycles. The van der Waals surface area contributed by atoms with E-state index in [0.29, 0.717) is 29.9 Å². The monoisotopic (exact) mass is 398 g/mol. The van der Waals surface area contributed by atoms with Crippen LogP contribution < -0.4 is 5.32 Å². The standard InChI is InChI=1S/C20H26N6O3/c1-12-10-22-15(11-21-12)8-19(27)23-18-9-17(24-25-18)14-3-2-13(6-14)7-16-4-5-26(16)20(28)29/h9-11,13-14,16H,2-8H2,1H3,(H,28,29)(H2,23,24,25,27)/t13?,14?,16-/m1/s1. The SMILES string of the molecule is Cc1cnc(CC(=O)Nc2cc(C3CCC(C[C@H]4CCN4C(=O)O)C3)[nH]n2)cn1. The van der Waals surface area contributed by atoms with Gasteiger partial charge in [0.2, 0.25) is 5.91 Å². The molecule has 4 rings (SSSR count). The zero-order valence-electron chi connectivity index (χ0n) is 16.5. The third-order valence-electron chi connectivity index (χ3n) is 6.02. The Balaban J connectivity index is 1.27. The van der Waals surface area contributed by atoms with E-state index >= 15 is 0 Å². The van der Waals surface area contributed by atoms with Gasteiger partial charge in [-0.2, -0.15) is 5.10 Å². The molecule has 3 atom stereocenters. The van der Waals surface area contributed by atoms with E-state index in [1.54, 1.807) is 17.3 Å². The van der Waals surface area contributed by atoms with Crippen molar-refractivity contribution in [3.63, 3.8) is 0 Å². The molecule has 154 valence electrons. The van der Waals surface area contributed by atoms with Crippen molar-refractivity contribution in [2.45, 2.75) is 57.4 Å². The quantitative estimate of drug-likeness (QED) is 0.687. The first-order valence-corrected chi connectivity index (χ1v) is 10.1. The molecular formula is C20H26N6O3. The first kappa shape index (κ1) is 19.4. The number of aromatic amines is 1. The molecule has 0 bridgehead atoms. The maximum atomic E-state index is 12.2. The number of amides is 2. The van der Waals surface area contributed by atoms with Gasteiger partial charge in [-0.1, -0.05) is 0 Å². The number of carboxylic acid groups (broad SMARTS) is 1. The van der Waals surface area contributed by atoms with Crippen LogP contribution in [0.15, 0.2) is 18.5 Å². The molecule has 1 aliphatic carbocycles. The number of carbonyl (C=O) groups excluding carboxylic acids is 1. The minimum Gasteiger partial charge on any atom is -0.465 e.